The summed E-state index contributed by atoms with van der Waals surface area (Å²) in [5.74, 6) is 2.98. The lowest BCUT2D eigenvalue weighted by Crippen LogP contribution is -2.18. The normalized spacial score (nSPS) is 25.7. The summed E-state index contributed by atoms with van der Waals surface area (Å²) < 4.78 is 5.27. The number of aromatic nitrogens is 2. The minimum Gasteiger partial charge on any atom is -0.392 e. The van der Waals surface area contributed by atoms with E-state index in [4.69, 9.17) is 4.52 Å². The number of nitrogens with zero attached hydrogens (tertiary/aromatic N) is 2. The van der Waals surface area contributed by atoms with Gasteiger partial charge in [0.15, 0.2) is 5.82 Å². The van der Waals surface area contributed by atoms with Crippen LogP contribution in [0.3, 0.4) is 0 Å². The van der Waals surface area contributed by atoms with Crippen molar-refractivity contribution in [2.75, 3.05) is 0 Å². The minimum absolute atomic E-state index is 0.218. The van der Waals surface area contributed by atoms with Gasteiger partial charge in [0.25, 0.3) is 0 Å². The van der Waals surface area contributed by atoms with Crippen LogP contribution in [0, 0.1) is 11.8 Å². The predicted molar refractivity (Wildman–Crippen MR) is 73.8 cm³/mol. The van der Waals surface area contributed by atoms with Crippen LogP contribution in [0.1, 0.15) is 70.5 Å². The van der Waals surface area contributed by atoms with Gasteiger partial charge in [-0.2, -0.15) is 4.98 Å². The molecule has 1 atom stereocenters. The van der Waals surface area contributed by atoms with E-state index in [9.17, 15) is 5.11 Å². The third-order valence-corrected chi connectivity index (χ3v) is 4.43. The first kappa shape index (κ1) is 14.5. The zero-order chi connectivity index (χ0) is 13.8. The maximum Gasteiger partial charge on any atom is 0.229 e. The molecule has 0 amide bonds. The summed E-state index contributed by atoms with van der Waals surface area (Å²) in [7, 11) is 0. The van der Waals surface area contributed by atoms with Crippen LogP contribution in [0.2, 0.25) is 0 Å². The molecule has 0 radical (unpaired) electrons. The van der Waals surface area contributed by atoms with Gasteiger partial charge in [-0.3, -0.25) is 0 Å². The van der Waals surface area contributed by atoms with E-state index < -0.39 is 6.10 Å². The molecular weight excluding hydrogens is 240 g/mol. The Morgan fingerprint density at radius 3 is 2.53 bits per heavy atom. The molecule has 0 saturated heterocycles. The van der Waals surface area contributed by atoms with E-state index in [1.807, 2.05) is 13.8 Å². The standard InChI is InChI=1S/C15H26N2O2/c1-4-11-5-7-12(8-6-11)15-16-14(19-17-15)9-13(18)10(2)3/h10-13,18H,4-9H2,1-3H3. The fourth-order valence-electron chi connectivity index (χ4n) is 2.76. The largest absolute Gasteiger partial charge is 0.392 e. The van der Waals surface area contributed by atoms with E-state index in [0.717, 1.165) is 11.7 Å². The van der Waals surface area contributed by atoms with Gasteiger partial charge >= 0.3 is 0 Å². The van der Waals surface area contributed by atoms with Crippen LogP contribution in [0.25, 0.3) is 0 Å². The van der Waals surface area contributed by atoms with Gasteiger partial charge < -0.3 is 9.63 Å². The van der Waals surface area contributed by atoms with Crippen molar-refractivity contribution in [2.45, 2.75) is 71.3 Å². The van der Waals surface area contributed by atoms with Crippen molar-refractivity contribution in [1.29, 1.82) is 0 Å². The molecule has 0 spiro atoms. The fraction of sp³-hybridized carbons (Fsp3) is 0.867. The summed E-state index contributed by atoms with van der Waals surface area (Å²) in [5, 5.41) is 13.9. The average Bonchev–Trinajstić information content (AvgIpc) is 2.87. The highest BCUT2D eigenvalue weighted by atomic mass is 16.5. The first-order valence-corrected chi connectivity index (χ1v) is 7.60. The average molecular weight is 266 g/mol. The summed E-state index contributed by atoms with van der Waals surface area (Å²) in [6.45, 7) is 6.26. The molecule has 0 aromatic carbocycles. The molecule has 1 heterocycles. The number of hydrogen-bond donors (Lipinski definition) is 1. The molecule has 19 heavy (non-hydrogen) atoms. The van der Waals surface area contributed by atoms with Gasteiger partial charge in [-0.25, -0.2) is 0 Å². The predicted octanol–water partition coefficient (Wildman–Crippen LogP) is 3.31. The Labute approximate surface area is 115 Å². The molecular formula is C15H26N2O2. The zero-order valence-corrected chi connectivity index (χ0v) is 12.3. The van der Waals surface area contributed by atoms with Gasteiger partial charge in [-0.05, 0) is 37.5 Å². The van der Waals surface area contributed by atoms with Gasteiger partial charge in [-0.15, -0.1) is 0 Å². The molecule has 1 unspecified atom stereocenters. The molecule has 0 aliphatic heterocycles. The molecule has 4 heteroatoms. The Hall–Kier alpha value is -0.900. The van der Waals surface area contributed by atoms with Crippen molar-refractivity contribution in [3.05, 3.63) is 11.7 Å². The Kier molecular flexibility index (Phi) is 4.97. The van der Waals surface area contributed by atoms with E-state index in [0.29, 0.717) is 18.2 Å². The van der Waals surface area contributed by atoms with Crippen LogP contribution < -0.4 is 0 Å². The number of aliphatic hydroxyl groups is 1. The highest BCUT2D eigenvalue weighted by molar-refractivity contribution is 4.98. The van der Waals surface area contributed by atoms with Gasteiger partial charge in [0.1, 0.15) is 0 Å². The Morgan fingerprint density at radius 2 is 1.95 bits per heavy atom. The monoisotopic (exact) mass is 266 g/mol. The second-order valence-electron chi connectivity index (χ2n) is 6.19. The zero-order valence-electron chi connectivity index (χ0n) is 12.3. The molecule has 1 aromatic rings. The molecule has 1 aliphatic rings. The molecule has 108 valence electrons. The Morgan fingerprint density at radius 1 is 1.26 bits per heavy atom. The van der Waals surface area contributed by atoms with Gasteiger partial charge in [0.05, 0.1) is 12.5 Å². The Bertz CT molecular complexity index is 381. The fourth-order valence-corrected chi connectivity index (χ4v) is 2.76. The SMILES string of the molecule is CCC1CCC(c2noc(CC(O)C(C)C)n2)CC1. The molecule has 4 nitrogen and oxygen atoms in total. The summed E-state index contributed by atoms with van der Waals surface area (Å²) in [6, 6.07) is 0. The van der Waals surface area contributed by atoms with Crippen LogP contribution in [-0.2, 0) is 6.42 Å². The van der Waals surface area contributed by atoms with Crippen molar-refractivity contribution in [3.63, 3.8) is 0 Å². The van der Waals surface area contributed by atoms with Crippen molar-refractivity contribution in [1.82, 2.24) is 10.1 Å². The van der Waals surface area contributed by atoms with Crippen LogP contribution in [0.15, 0.2) is 4.52 Å². The minimum atomic E-state index is -0.399. The Balaban J connectivity index is 1.90. The van der Waals surface area contributed by atoms with Crippen LogP contribution in [0.5, 0.6) is 0 Å². The molecule has 1 saturated carbocycles. The second-order valence-corrected chi connectivity index (χ2v) is 6.19. The molecule has 1 aliphatic carbocycles. The van der Waals surface area contributed by atoms with Crippen molar-refractivity contribution >= 4 is 0 Å². The van der Waals surface area contributed by atoms with Crippen molar-refractivity contribution in [3.8, 4) is 0 Å². The summed E-state index contributed by atoms with van der Waals surface area (Å²) >= 11 is 0. The molecule has 1 aromatic heterocycles. The number of rotatable bonds is 5. The smallest absolute Gasteiger partial charge is 0.229 e. The van der Waals surface area contributed by atoms with Crippen LogP contribution >= 0.6 is 0 Å². The molecule has 1 N–H and O–H groups in total. The lowest BCUT2D eigenvalue weighted by atomic mass is 9.80. The van der Waals surface area contributed by atoms with E-state index in [2.05, 4.69) is 17.1 Å². The van der Waals surface area contributed by atoms with Crippen molar-refractivity contribution < 1.29 is 9.63 Å². The van der Waals surface area contributed by atoms with Crippen molar-refractivity contribution in [2.24, 2.45) is 11.8 Å². The third kappa shape index (κ3) is 3.78. The highest BCUT2D eigenvalue weighted by Crippen LogP contribution is 2.35. The van der Waals surface area contributed by atoms with E-state index in [1.165, 1.54) is 32.1 Å². The van der Waals surface area contributed by atoms with Gasteiger partial charge in [0, 0.05) is 5.92 Å². The van der Waals surface area contributed by atoms with E-state index >= 15 is 0 Å². The highest BCUT2D eigenvalue weighted by Gasteiger charge is 2.25. The lowest BCUT2D eigenvalue weighted by Gasteiger charge is -2.25. The van der Waals surface area contributed by atoms with Crippen LogP contribution in [-0.4, -0.2) is 21.4 Å². The van der Waals surface area contributed by atoms with Crippen LogP contribution in [0.4, 0.5) is 0 Å². The second kappa shape index (κ2) is 6.51. The van der Waals surface area contributed by atoms with Gasteiger partial charge in [-0.1, -0.05) is 32.3 Å². The third-order valence-electron chi connectivity index (χ3n) is 4.43. The first-order chi connectivity index (χ1) is 9.10. The topological polar surface area (TPSA) is 59.2 Å². The summed E-state index contributed by atoms with van der Waals surface area (Å²) in [4.78, 5) is 4.47. The molecule has 2 rings (SSSR count). The molecule has 0 bridgehead atoms. The number of hydrogen-bond acceptors (Lipinski definition) is 4. The number of aliphatic hydroxyl groups excluding tert-OH is 1. The van der Waals surface area contributed by atoms with Gasteiger partial charge in [0.2, 0.25) is 5.89 Å². The van der Waals surface area contributed by atoms with E-state index in [-0.39, 0.29) is 5.92 Å². The lowest BCUT2D eigenvalue weighted by molar-refractivity contribution is 0.116. The van der Waals surface area contributed by atoms with E-state index in [1.54, 1.807) is 0 Å². The first-order valence-electron chi connectivity index (χ1n) is 7.60. The quantitative estimate of drug-likeness (QED) is 0.888. The molecule has 1 fully saturated rings. The maximum atomic E-state index is 9.84. The maximum absolute atomic E-state index is 9.84. The summed E-state index contributed by atoms with van der Waals surface area (Å²) in [6.07, 6.45) is 6.25. The summed E-state index contributed by atoms with van der Waals surface area (Å²) in [5.41, 5.74) is 0.